The molecule has 21 heavy (non-hydrogen) atoms. The van der Waals surface area contributed by atoms with Crippen molar-refractivity contribution in [2.75, 3.05) is 0 Å². The standard InChI is InChI=1S/C15H7Cl3FNO/c16-7-1-2-12(19)9(3-7)15(21)10-6-20-13-5-8(17)4-11(18)14(10)13/h1-6,20H. The van der Waals surface area contributed by atoms with Crippen LogP contribution in [0.15, 0.2) is 36.5 Å². The van der Waals surface area contributed by atoms with Gasteiger partial charge in [-0.3, -0.25) is 4.79 Å². The Bertz CT molecular complexity index is 873. The second kappa shape index (κ2) is 5.34. The van der Waals surface area contributed by atoms with Crippen LogP contribution in [-0.2, 0) is 0 Å². The van der Waals surface area contributed by atoms with Crippen molar-refractivity contribution < 1.29 is 9.18 Å². The van der Waals surface area contributed by atoms with Gasteiger partial charge in [0.2, 0.25) is 0 Å². The second-order valence-electron chi connectivity index (χ2n) is 4.47. The van der Waals surface area contributed by atoms with Gasteiger partial charge < -0.3 is 4.98 Å². The molecule has 3 aromatic rings. The summed E-state index contributed by atoms with van der Waals surface area (Å²) in [6, 6.07) is 7.01. The van der Waals surface area contributed by atoms with Gasteiger partial charge in [0, 0.05) is 32.7 Å². The molecule has 0 saturated heterocycles. The van der Waals surface area contributed by atoms with Crippen molar-refractivity contribution in [1.82, 2.24) is 4.98 Å². The Morgan fingerprint density at radius 2 is 1.76 bits per heavy atom. The van der Waals surface area contributed by atoms with Gasteiger partial charge in [0.1, 0.15) is 5.82 Å². The molecule has 0 aliphatic rings. The zero-order chi connectivity index (χ0) is 15.1. The highest BCUT2D eigenvalue weighted by molar-refractivity contribution is 6.40. The third kappa shape index (κ3) is 2.53. The highest BCUT2D eigenvalue weighted by Crippen LogP contribution is 2.32. The van der Waals surface area contributed by atoms with Crippen LogP contribution in [0.2, 0.25) is 15.1 Å². The predicted octanol–water partition coefficient (Wildman–Crippen LogP) is 5.50. The average Bonchev–Trinajstić information content (AvgIpc) is 2.84. The number of rotatable bonds is 2. The molecule has 3 rings (SSSR count). The predicted molar refractivity (Wildman–Crippen MR) is 83.2 cm³/mol. The molecule has 0 saturated carbocycles. The van der Waals surface area contributed by atoms with E-state index >= 15 is 0 Å². The fourth-order valence-corrected chi connectivity index (χ4v) is 2.95. The molecule has 1 N–H and O–H groups in total. The first kappa shape index (κ1) is 14.4. The number of H-pyrrole nitrogens is 1. The molecule has 0 aliphatic carbocycles. The summed E-state index contributed by atoms with van der Waals surface area (Å²) in [4.78, 5) is 15.4. The number of carbonyl (C=O) groups is 1. The molecule has 0 radical (unpaired) electrons. The van der Waals surface area contributed by atoms with Crippen LogP contribution < -0.4 is 0 Å². The number of fused-ring (bicyclic) bond motifs is 1. The summed E-state index contributed by atoms with van der Waals surface area (Å²) < 4.78 is 13.8. The van der Waals surface area contributed by atoms with E-state index in [0.717, 1.165) is 6.07 Å². The van der Waals surface area contributed by atoms with E-state index in [-0.39, 0.29) is 16.1 Å². The minimum Gasteiger partial charge on any atom is -0.360 e. The fourth-order valence-electron chi connectivity index (χ4n) is 2.18. The van der Waals surface area contributed by atoms with E-state index in [1.807, 2.05) is 0 Å². The zero-order valence-electron chi connectivity index (χ0n) is 10.4. The maximum Gasteiger partial charge on any atom is 0.198 e. The van der Waals surface area contributed by atoms with Gasteiger partial charge in [-0.1, -0.05) is 34.8 Å². The van der Waals surface area contributed by atoms with Gasteiger partial charge in [-0.2, -0.15) is 0 Å². The Kier molecular flexibility index (Phi) is 3.66. The molecule has 1 aromatic heterocycles. The molecule has 0 fully saturated rings. The summed E-state index contributed by atoms with van der Waals surface area (Å²) in [5.74, 6) is -1.13. The van der Waals surface area contributed by atoms with Crippen LogP contribution in [0.3, 0.4) is 0 Å². The van der Waals surface area contributed by atoms with E-state index in [2.05, 4.69) is 4.98 Å². The topological polar surface area (TPSA) is 32.9 Å². The SMILES string of the molecule is O=C(c1cc(Cl)ccc1F)c1c[nH]c2cc(Cl)cc(Cl)c12. The average molecular weight is 343 g/mol. The van der Waals surface area contributed by atoms with E-state index in [4.69, 9.17) is 34.8 Å². The van der Waals surface area contributed by atoms with Crippen LogP contribution in [0.5, 0.6) is 0 Å². The van der Waals surface area contributed by atoms with Gasteiger partial charge >= 0.3 is 0 Å². The largest absolute Gasteiger partial charge is 0.360 e. The lowest BCUT2D eigenvalue weighted by Gasteiger charge is -2.04. The van der Waals surface area contributed by atoms with Crippen LogP contribution in [-0.4, -0.2) is 10.8 Å². The Morgan fingerprint density at radius 3 is 2.52 bits per heavy atom. The van der Waals surface area contributed by atoms with Gasteiger partial charge in [-0.15, -0.1) is 0 Å². The summed E-state index contributed by atoms with van der Waals surface area (Å²) in [6.07, 6.45) is 1.48. The van der Waals surface area contributed by atoms with Gasteiger partial charge in [-0.05, 0) is 30.3 Å². The van der Waals surface area contributed by atoms with Crippen molar-refractivity contribution in [3.8, 4) is 0 Å². The molecule has 6 heteroatoms. The van der Waals surface area contributed by atoms with Crippen LogP contribution in [0.1, 0.15) is 15.9 Å². The molecule has 1 heterocycles. The number of carbonyl (C=O) groups excluding carboxylic acids is 1. The molecule has 0 bridgehead atoms. The number of nitrogens with one attached hydrogen (secondary N) is 1. The number of hydrogen-bond donors (Lipinski definition) is 1. The van der Waals surface area contributed by atoms with E-state index in [0.29, 0.717) is 20.9 Å². The number of aromatic amines is 1. The van der Waals surface area contributed by atoms with Gasteiger partial charge in [0.25, 0.3) is 0 Å². The summed E-state index contributed by atoms with van der Waals surface area (Å²) in [5, 5.41) is 1.56. The highest BCUT2D eigenvalue weighted by atomic mass is 35.5. The number of ketones is 1. The maximum atomic E-state index is 13.8. The molecule has 0 atom stereocenters. The lowest BCUT2D eigenvalue weighted by molar-refractivity contribution is 0.103. The Balaban J connectivity index is 2.21. The van der Waals surface area contributed by atoms with Crippen molar-refractivity contribution in [3.05, 3.63) is 68.5 Å². The Hall–Kier alpha value is -1.55. The Morgan fingerprint density at radius 1 is 1.00 bits per heavy atom. The lowest BCUT2D eigenvalue weighted by atomic mass is 10.0. The summed E-state index contributed by atoms with van der Waals surface area (Å²) in [7, 11) is 0. The molecular weight excluding hydrogens is 336 g/mol. The minimum atomic E-state index is -0.635. The van der Waals surface area contributed by atoms with Crippen molar-refractivity contribution >= 4 is 51.5 Å². The van der Waals surface area contributed by atoms with Gasteiger partial charge in [0.15, 0.2) is 5.78 Å². The molecule has 2 nitrogen and oxygen atoms in total. The van der Waals surface area contributed by atoms with Crippen LogP contribution in [0.25, 0.3) is 10.9 Å². The third-order valence-electron chi connectivity index (χ3n) is 3.11. The number of hydrogen-bond acceptors (Lipinski definition) is 1. The number of aromatic nitrogens is 1. The zero-order valence-corrected chi connectivity index (χ0v) is 12.7. The van der Waals surface area contributed by atoms with E-state index in [1.54, 1.807) is 6.07 Å². The van der Waals surface area contributed by atoms with Crippen LogP contribution in [0.4, 0.5) is 4.39 Å². The van der Waals surface area contributed by atoms with E-state index in [1.165, 1.54) is 24.4 Å². The normalized spacial score (nSPS) is 11.0. The van der Waals surface area contributed by atoms with Gasteiger partial charge in [0.05, 0.1) is 10.6 Å². The quantitative estimate of drug-likeness (QED) is 0.613. The Labute approximate surface area is 134 Å². The summed E-state index contributed by atoms with van der Waals surface area (Å²) in [6.45, 7) is 0. The molecule has 106 valence electrons. The first-order valence-electron chi connectivity index (χ1n) is 5.93. The smallest absolute Gasteiger partial charge is 0.198 e. The van der Waals surface area contributed by atoms with Crippen LogP contribution in [0, 0.1) is 5.82 Å². The van der Waals surface area contributed by atoms with Crippen molar-refractivity contribution in [2.45, 2.75) is 0 Å². The van der Waals surface area contributed by atoms with Crippen molar-refractivity contribution in [3.63, 3.8) is 0 Å². The molecule has 2 aromatic carbocycles. The number of benzene rings is 2. The van der Waals surface area contributed by atoms with Gasteiger partial charge in [-0.25, -0.2) is 4.39 Å². The molecule has 0 amide bonds. The lowest BCUT2D eigenvalue weighted by Crippen LogP contribution is -2.03. The monoisotopic (exact) mass is 341 g/mol. The van der Waals surface area contributed by atoms with Crippen LogP contribution >= 0.6 is 34.8 Å². The van der Waals surface area contributed by atoms with Crippen molar-refractivity contribution in [2.24, 2.45) is 0 Å². The molecule has 0 spiro atoms. The van der Waals surface area contributed by atoms with E-state index < -0.39 is 11.6 Å². The molecular formula is C15H7Cl3FNO. The second-order valence-corrected chi connectivity index (χ2v) is 5.75. The van der Waals surface area contributed by atoms with E-state index in [9.17, 15) is 9.18 Å². The third-order valence-corrected chi connectivity index (χ3v) is 3.87. The first-order chi connectivity index (χ1) is 9.97. The molecule has 0 aliphatic heterocycles. The maximum absolute atomic E-state index is 13.8. The highest BCUT2D eigenvalue weighted by Gasteiger charge is 2.20. The fraction of sp³-hybridized carbons (Fsp3) is 0. The van der Waals surface area contributed by atoms with Crippen molar-refractivity contribution in [1.29, 1.82) is 0 Å². The molecule has 0 unspecified atom stereocenters. The summed E-state index contributed by atoms with van der Waals surface area (Å²) in [5.41, 5.74) is 0.778. The minimum absolute atomic E-state index is 0.102. The number of halogens is 4. The summed E-state index contributed by atoms with van der Waals surface area (Å²) >= 11 is 17.9. The first-order valence-corrected chi connectivity index (χ1v) is 7.06.